The Bertz CT molecular complexity index is 753. The molecular weight excluding hydrogens is 308 g/mol. The number of methoxy groups -OCH3 is 1. The first-order valence-corrected chi connectivity index (χ1v) is 7.96. The fourth-order valence-electron chi connectivity index (χ4n) is 2.88. The number of phenolic OH excluding ortho intramolecular Hbond substituents is 1. The molecule has 1 aliphatic heterocycles. The molecule has 1 N–H and O–H groups in total. The summed E-state index contributed by atoms with van der Waals surface area (Å²) in [6, 6.07) is 10.5. The van der Waals surface area contributed by atoms with E-state index in [2.05, 4.69) is 0 Å². The van der Waals surface area contributed by atoms with Gasteiger partial charge in [-0.15, -0.1) is 0 Å². The zero-order valence-corrected chi connectivity index (χ0v) is 13.7. The number of aromatic hydroxyl groups is 1. The van der Waals surface area contributed by atoms with E-state index in [1.54, 1.807) is 19.2 Å². The maximum atomic E-state index is 12.0. The van der Waals surface area contributed by atoms with Gasteiger partial charge in [0.15, 0.2) is 0 Å². The van der Waals surface area contributed by atoms with Crippen molar-refractivity contribution >= 4 is 5.97 Å². The predicted molar refractivity (Wildman–Crippen MR) is 89.0 cm³/mol. The molecule has 0 amide bonds. The summed E-state index contributed by atoms with van der Waals surface area (Å²) in [5.74, 6) is 1.37. The van der Waals surface area contributed by atoms with Crippen molar-refractivity contribution in [3.8, 4) is 23.0 Å². The number of ether oxygens (including phenoxy) is 3. The summed E-state index contributed by atoms with van der Waals surface area (Å²) in [7, 11) is 1.61. The molecule has 0 fully saturated rings. The van der Waals surface area contributed by atoms with Crippen LogP contribution in [0.15, 0.2) is 36.4 Å². The van der Waals surface area contributed by atoms with Gasteiger partial charge in [0, 0.05) is 29.2 Å². The normalized spacial score (nSPS) is 16.2. The van der Waals surface area contributed by atoms with Gasteiger partial charge in [0.2, 0.25) is 0 Å². The monoisotopic (exact) mass is 328 g/mol. The number of carbonyl (C=O) groups excluding carboxylic acids is 1. The molecule has 0 spiro atoms. The predicted octanol–water partition coefficient (Wildman–Crippen LogP) is 3.63. The minimum atomic E-state index is -0.324. The summed E-state index contributed by atoms with van der Waals surface area (Å²) < 4.78 is 16.4. The second-order valence-electron chi connectivity index (χ2n) is 5.71. The Balaban J connectivity index is 2.06. The van der Waals surface area contributed by atoms with E-state index in [9.17, 15) is 9.90 Å². The van der Waals surface area contributed by atoms with Crippen molar-refractivity contribution in [1.29, 1.82) is 0 Å². The fraction of sp³-hybridized carbons (Fsp3) is 0.316. The smallest absolute Gasteiger partial charge is 0.312 e. The highest BCUT2D eigenvalue weighted by Gasteiger charge is 2.30. The number of hydrogen-bond donors (Lipinski definition) is 1. The van der Waals surface area contributed by atoms with Crippen LogP contribution in [0, 0.1) is 0 Å². The first-order valence-electron chi connectivity index (χ1n) is 7.96. The first kappa shape index (κ1) is 16.2. The molecule has 5 nitrogen and oxygen atoms in total. The number of benzene rings is 2. The summed E-state index contributed by atoms with van der Waals surface area (Å²) >= 11 is 0. The van der Waals surface area contributed by atoms with Gasteiger partial charge in [-0.3, -0.25) is 4.79 Å². The van der Waals surface area contributed by atoms with E-state index in [1.807, 2.05) is 25.1 Å². The average Bonchev–Trinajstić information content (AvgIpc) is 2.58. The summed E-state index contributed by atoms with van der Waals surface area (Å²) in [6.45, 7) is 2.62. The number of phenols is 1. The van der Waals surface area contributed by atoms with Crippen LogP contribution >= 0.6 is 0 Å². The third-order valence-electron chi connectivity index (χ3n) is 4.02. The molecule has 5 heteroatoms. The van der Waals surface area contributed by atoms with Crippen LogP contribution in [0.2, 0.25) is 0 Å². The lowest BCUT2D eigenvalue weighted by Gasteiger charge is -2.26. The average molecular weight is 328 g/mol. The van der Waals surface area contributed by atoms with Crippen LogP contribution in [0.4, 0.5) is 0 Å². The molecule has 1 unspecified atom stereocenters. The molecule has 24 heavy (non-hydrogen) atoms. The van der Waals surface area contributed by atoms with Crippen molar-refractivity contribution in [2.24, 2.45) is 0 Å². The molecule has 0 bridgehead atoms. The van der Waals surface area contributed by atoms with Crippen LogP contribution < -0.4 is 14.2 Å². The molecule has 1 aliphatic rings. The molecular formula is C19H20O5. The largest absolute Gasteiger partial charge is 0.508 e. The lowest BCUT2D eigenvalue weighted by atomic mass is 9.85. The second kappa shape index (κ2) is 6.83. The van der Waals surface area contributed by atoms with Crippen LogP contribution in [0.1, 0.15) is 36.8 Å². The van der Waals surface area contributed by atoms with Gasteiger partial charge in [0.1, 0.15) is 23.0 Å². The highest BCUT2D eigenvalue weighted by molar-refractivity contribution is 5.78. The molecule has 126 valence electrons. The van der Waals surface area contributed by atoms with Crippen LogP contribution in [0.5, 0.6) is 23.0 Å². The van der Waals surface area contributed by atoms with Crippen molar-refractivity contribution in [2.45, 2.75) is 25.7 Å². The molecule has 1 heterocycles. The van der Waals surface area contributed by atoms with Gasteiger partial charge in [-0.25, -0.2) is 0 Å². The number of carbonyl (C=O) groups is 1. The molecule has 0 radical (unpaired) electrons. The minimum Gasteiger partial charge on any atom is -0.508 e. The van der Waals surface area contributed by atoms with Crippen LogP contribution in [-0.2, 0) is 4.79 Å². The zero-order chi connectivity index (χ0) is 17.1. The van der Waals surface area contributed by atoms with Crippen molar-refractivity contribution in [2.75, 3.05) is 13.7 Å². The summed E-state index contributed by atoms with van der Waals surface area (Å²) in [5, 5.41) is 9.64. The lowest BCUT2D eigenvalue weighted by molar-refractivity contribution is -0.135. The highest BCUT2D eigenvalue weighted by atomic mass is 16.5. The quantitative estimate of drug-likeness (QED) is 0.671. The minimum absolute atomic E-state index is 0.0689. The number of fused-ring (bicyclic) bond motifs is 1. The van der Waals surface area contributed by atoms with Crippen LogP contribution in [-0.4, -0.2) is 24.8 Å². The molecule has 0 aromatic heterocycles. The van der Waals surface area contributed by atoms with Gasteiger partial charge >= 0.3 is 5.97 Å². The molecule has 3 rings (SSSR count). The second-order valence-corrected chi connectivity index (χ2v) is 5.71. The van der Waals surface area contributed by atoms with Gasteiger partial charge < -0.3 is 19.3 Å². The van der Waals surface area contributed by atoms with Gasteiger partial charge in [-0.05, 0) is 18.6 Å². The molecule has 0 aliphatic carbocycles. The van der Waals surface area contributed by atoms with Crippen molar-refractivity contribution in [1.82, 2.24) is 0 Å². The fourth-order valence-corrected chi connectivity index (χ4v) is 2.88. The number of hydrogen-bond acceptors (Lipinski definition) is 5. The van der Waals surface area contributed by atoms with E-state index >= 15 is 0 Å². The van der Waals surface area contributed by atoms with E-state index in [1.165, 1.54) is 6.07 Å². The molecule has 0 saturated carbocycles. The summed E-state index contributed by atoms with van der Waals surface area (Å²) in [4.78, 5) is 12.0. The van der Waals surface area contributed by atoms with Gasteiger partial charge in [0.25, 0.3) is 0 Å². The van der Waals surface area contributed by atoms with E-state index in [0.29, 0.717) is 23.9 Å². The van der Waals surface area contributed by atoms with Gasteiger partial charge in [0.05, 0.1) is 20.1 Å². The number of esters is 1. The zero-order valence-electron chi connectivity index (χ0n) is 13.7. The van der Waals surface area contributed by atoms with E-state index in [-0.39, 0.29) is 24.1 Å². The maximum Gasteiger partial charge on any atom is 0.312 e. The molecule has 0 saturated heterocycles. The Morgan fingerprint density at radius 2 is 2.00 bits per heavy atom. The standard InChI is InChI=1S/C19H20O5/c1-3-8-23-17-10-13(22-2)5-7-14(17)16-11-19(21)24-18-9-12(20)4-6-15(16)18/h4-7,9-10,16,20H,3,8,11H2,1-2H3. The van der Waals surface area contributed by atoms with E-state index < -0.39 is 0 Å². The van der Waals surface area contributed by atoms with Gasteiger partial charge in [-0.2, -0.15) is 0 Å². The first-order chi connectivity index (χ1) is 11.6. The number of rotatable bonds is 5. The molecule has 2 aromatic rings. The Morgan fingerprint density at radius 1 is 1.21 bits per heavy atom. The van der Waals surface area contributed by atoms with Crippen molar-refractivity contribution < 1.29 is 24.1 Å². The lowest BCUT2D eigenvalue weighted by Crippen LogP contribution is -2.21. The Kier molecular flexibility index (Phi) is 4.60. The van der Waals surface area contributed by atoms with E-state index in [0.717, 1.165) is 17.5 Å². The van der Waals surface area contributed by atoms with Crippen molar-refractivity contribution in [3.63, 3.8) is 0 Å². The summed E-state index contributed by atoms with van der Waals surface area (Å²) in [6.07, 6.45) is 1.11. The van der Waals surface area contributed by atoms with Crippen LogP contribution in [0.3, 0.4) is 0 Å². The van der Waals surface area contributed by atoms with Gasteiger partial charge in [-0.1, -0.05) is 19.1 Å². The highest BCUT2D eigenvalue weighted by Crippen LogP contribution is 2.43. The third kappa shape index (κ3) is 3.15. The molecule has 1 atom stereocenters. The topological polar surface area (TPSA) is 65.0 Å². The Morgan fingerprint density at radius 3 is 2.75 bits per heavy atom. The Labute approximate surface area is 140 Å². The summed E-state index contributed by atoms with van der Waals surface area (Å²) in [5.41, 5.74) is 1.77. The third-order valence-corrected chi connectivity index (χ3v) is 4.02. The van der Waals surface area contributed by atoms with E-state index in [4.69, 9.17) is 14.2 Å². The van der Waals surface area contributed by atoms with Crippen LogP contribution in [0.25, 0.3) is 0 Å². The molecule has 2 aromatic carbocycles. The Hall–Kier alpha value is -2.69. The SMILES string of the molecule is CCCOc1cc(OC)ccc1C1CC(=O)Oc2cc(O)ccc21. The van der Waals surface area contributed by atoms with Crippen molar-refractivity contribution in [3.05, 3.63) is 47.5 Å². The maximum absolute atomic E-state index is 12.0.